The minimum atomic E-state index is -0.391. The third-order valence-corrected chi connectivity index (χ3v) is 5.28. The molecule has 0 atom stereocenters. The minimum absolute atomic E-state index is 0.149. The van der Waals surface area contributed by atoms with Gasteiger partial charge in [0.2, 0.25) is 0 Å². The Kier molecular flexibility index (Phi) is 6.53. The van der Waals surface area contributed by atoms with E-state index in [9.17, 15) is 4.39 Å². The van der Waals surface area contributed by atoms with Gasteiger partial charge in [-0.1, -0.05) is 60.7 Å². The molecule has 134 valence electrons. The first-order valence-electron chi connectivity index (χ1n) is 9.39. The van der Waals surface area contributed by atoms with Crippen LogP contribution in [0.3, 0.4) is 0 Å². The number of allylic oxidation sites excluding steroid dienone is 2. The molecule has 0 aliphatic heterocycles. The van der Waals surface area contributed by atoms with Crippen molar-refractivity contribution in [2.45, 2.75) is 39.0 Å². The Hall–Kier alpha value is -2.04. The second kappa shape index (κ2) is 9.06. The van der Waals surface area contributed by atoms with E-state index in [0.717, 1.165) is 29.0 Å². The number of hydrogen-bond donors (Lipinski definition) is 0. The molecule has 0 spiro atoms. The van der Waals surface area contributed by atoms with E-state index in [1.54, 1.807) is 6.07 Å². The van der Waals surface area contributed by atoms with Gasteiger partial charge in [0, 0.05) is 11.5 Å². The Bertz CT molecular complexity index is 816. The van der Waals surface area contributed by atoms with Crippen molar-refractivity contribution in [2.24, 2.45) is 11.8 Å². The molecule has 1 aliphatic rings. The van der Waals surface area contributed by atoms with Crippen molar-refractivity contribution >= 4 is 11.6 Å². The molecular weight excluding hydrogens is 343 g/mol. The monoisotopic (exact) mass is 366 g/mol. The van der Waals surface area contributed by atoms with E-state index < -0.39 is 5.82 Å². The lowest BCUT2D eigenvalue weighted by Crippen LogP contribution is -2.11. The molecule has 2 heteroatoms. The van der Waals surface area contributed by atoms with Crippen LogP contribution in [0.25, 0.3) is 11.1 Å². The summed E-state index contributed by atoms with van der Waals surface area (Å²) in [6.07, 6.45) is 10.7. The topological polar surface area (TPSA) is 0 Å². The van der Waals surface area contributed by atoms with Crippen LogP contribution >= 0.6 is 11.6 Å². The first-order chi connectivity index (χ1) is 12.7. The highest BCUT2D eigenvalue weighted by atomic mass is 35.5. The minimum Gasteiger partial charge on any atom is -0.205 e. The van der Waals surface area contributed by atoms with Crippen LogP contribution in [0, 0.1) is 29.5 Å². The predicted molar refractivity (Wildman–Crippen MR) is 109 cm³/mol. The standard InChI is InChI=1S/C24H24ClF/c1-2-3-4-18-5-7-19(8-6-18)9-10-20-11-13-21(14-12-20)22-15-16-23(25)24(26)17-22/h3-4,11-19H,2,5-8H2,1H3/t18-,19-. The van der Waals surface area contributed by atoms with Crippen LogP contribution in [0.2, 0.25) is 5.02 Å². The summed E-state index contributed by atoms with van der Waals surface area (Å²) in [6, 6.07) is 12.9. The van der Waals surface area contributed by atoms with E-state index in [4.69, 9.17) is 11.6 Å². The summed E-state index contributed by atoms with van der Waals surface area (Å²) in [5.41, 5.74) is 2.80. The van der Waals surface area contributed by atoms with Gasteiger partial charge in [0.1, 0.15) is 5.82 Å². The smallest absolute Gasteiger partial charge is 0.142 e. The average molecular weight is 367 g/mol. The number of benzene rings is 2. The van der Waals surface area contributed by atoms with Gasteiger partial charge in [-0.15, -0.1) is 0 Å². The molecule has 2 aromatic rings. The number of halogens is 2. The van der Waals surface area contributed by atoms with Gasteiger partial charge < -0.3 is 0 Å². The van der Waals surface area contributed by atoms with Crippen LogP contribution in [-0.4, -0.2) is 0 Å². The molecule has 0 saturated heterocycles. The molecule has 0 radical (unpaired) electrons. The first-order valence-corrected chi connectivity index (χ1v) is 9.77. The van der Waals surface area contributed by atoms with Crippen molar-refractivity contribution in [2.75, 3.05) is 0 Å². The lowest BCUT2D eigenvalue weighted by Gasteiger charge is -2.23. The summed E-state index contributed by atoms with van der Waals surface area (Å²) in [5, 5.41) is 0.149. The molecule has 0 aromatic heterocycles. The van der Waals surface area contributed by atoms with Gasteiger partial charge in [0.15, 0.2) is 0 Å². The predicted octanol–water partition coefficient (Wildman–Crippen LogP) is 7.27. The van der Waals surface area contributed by atoms with Gasteiger partial charge >= 0.3 is 0 Å². The molecule has 26 heavy (non-hydrogen) atoms. The summed E-state index contributed by atoms with van der Waals surface area (Å²) in [5.74, 6) is 7.60. The van der Waals surface area contributed by atoms with Crippen molar-refractivity contribution < 1.29 is 4.39 Å². The molecule has 0 bridgehead atoms. The number of hydrogen-bond acceptors (Lipinski definition) is 0. The van der Waals surface area contributed by atoms with Crippen molar-refractivity contribution in [1.82, 2.24) is 0 Å². The van der Waals surface area contributed by atoms with E-state index >= 15 is 0 Å². The van der Waals surface area contributed by atoms with Gasteiger partial charge in [-0.05, 0) is 73.4 Å². The highest BCUT2D eigenvalue weighted by Crippen LogP contribution is 2.29. The average Bonchev–Trinajstić information content (AvgIpc) is 2.68. The third kappa shape index (κ3) is 4.99. The Morgan fingerprint density at radius 2 is 1.73 bits per heavy atom. The summed E-state index contributed by atoms with van der Waals surface area (Å²) in [4.78, 5) is 0. The number of rotatable bonds is 3. The van der Waals surface area contributed by atoms with Crippen LogP contribution in [0.5, 0.6) is 0 Å². The Morgan fingerprint density at radius 1 is 1.04 bits per heavy atom. The van der Waals surface area contributed by atoms with Gasteiger partial charge in [-0.3, -0.25) is 0 Å². The zero-order chi connectivity index (χ0) is 18.4. The van der Waals surface area contributed by atoms with Crippen molar-refractivity contribution in [3.05, 3.63) is 71.0 Å². The molecule has 1 saturated carbocycles. The van der Waals surface area contributed by atoms with E-state index in [2.05, 4.69) is 30.9 Å². The Labute approximate surface area is 161 Å². The zero-order valence-corrected chi connectivity index (χ0v) is 15.9. The fourth-order valence-electron chi connectivity index (χ4n) is 3.39. The van der Waals surface area contributed by atoms with Crippen LogP contribution < -0.4 is 0 Å². The molecule has 3 rings (SSSR count). The molecule has 1 aliphatic carbocycles. The summed E-state index contributed by atoms with van der Waals surface area (Å²) < 4.78 is 13.6. The molecule has 1 fully saturated rings. The lowest BCUT2D eigenvalue weighted by molar-refractivity contribution is 0.364. The van der Waals surface area contributed by atoms with E-state index in [0.29, 0.717) is 5.92 Å². The fraction of sp³-hybridized carbons (Fsp3) is 0.333. The van der Waals surface area contributed by atoms with Gasteiger partial charge in [-0.25, -0.2) is 4.39 Å². The zero-order valence-electron chi connectivity index (χ0n) is 15.1. The Balaban J connectivity index is 1.61. The van der Waals surface area contributed by atoms with Crippen LogP contribution in [0.1, 0.15) is 44.6 Å². The highest BCUT2D eigenvalue weighted by molar-refractivity contribution is 6.30. The van der Waals surface area contributed by atoms with Crippen LogP contribution in [0.4, 0.5) is 4.39 Å². The van der Waals surface area contributed by atoms with Crippen molar-refractivity contribution in [3.8, 4) is 23.0 Å². The van der Waals surface area contributed by atoms with Gasteiger partial charge in [0.05, 0.1) is 5.02 Å². The quantitative estimate of drug-likeness (QED) is 0.395. The second-order valence-corrected chi connectivity index (χ2v) is 7.33. The maximum atomic E-state index is 13.6. The lowest BCUT2D eigenvalue weighted by atomic mass is 9.82. The summed E-state index contributed by atoms with van der Waals surface area (Å²) in [6.45, 7) is 2.18. The molecule has 2 aromatic carbocycles. The van der Waals surface area contributed by atoms with Crippen LogP contribution in [-0.2, 0) is 0 Å². The molecule has 0 heterocycles. The molecule has 0 nitrogen and oxygen atoms in total. The Morgan fingerprint density at radius 3 is 2.38 bits per heavy atom. The molecule has 0 N–H and O–H groups in total. The van der Waals surface area contributed by atoms with E-state index in [1.165, 1.54) is 31.7 Å². The highest BCUT2D eigenvalue weighted by Gasteiger charge is 2.17. The second-order valence-electron chi connectivity index (χ2n) is 6.92. The van der Waals surface area contributed by atoms with Gasteiger partial charge in [-0.2, -0.15) is 0 Å². The molecule has 0 unspecified atom stereocenters. The summed E-state index contributed by atoms with van der Waals surface area (Å²) in [7, 11) is 0. The van der Waals surface area contributed by atoms with E-state index in [1.807, 2.05) is 30.3 Å². The molecular formula is C24H24ClF. The maximum absolute atomic E-state index is 13.6. The van der Waals surface area contributed by atoms with Crippen molar-refractivity contribution in [3.63, 3.8) is 0 Å². The van der Waals surface area contributed by atoms with E-state index in [-0.39, 0.29) is 5.02 Å². The van der Waals surface area contributed by atoms with Crippen LogP contribution in [0.15, 0.2) is 54.6 Å². The fourth-order valence-corrected chi connectivity index (χ4v) is 3.51. The largest absolute Gasteiger partial charge is 0.205 e. The van der Waals surface area contributed by atoms with Crippen molar-refractivity contribution in [1.29, 1.82) is 0 Å². The normalized spacial score (nSPS) is 20.0. The maximum Gasteiger partial charge on any atom is 0.142 e. The summed E-state index contributed by atoms with van der Waals surface area (Å²) >= 11 is 5.75. The molecule has 0 amide bonds. The first kappa shape index (κ1) is 18.7. The SMILES string of the molecule is CCC=C[C@H]1CC[C@H](C#Cc2ccc(-c3ccc(Cl)c(F)c3)cc2)CC1. The van der Waals surface area contributed by atoms with Gasteiger partial charge in [0.25, 0.3) is 0 Å². The third-order valence-electron chi connectivity index (χ3n) is 4.97.